The van der Waals surface area contributed by atoms with E-state index in [9.17, 15) is 8.42 Å². The second-order valence-corrected chi connectivity index (χ2v) is 10.6. The molecule has 0 N–H and O–H groups in total. The highest BCUT2D eigenvalue weighted by molar-refractivity contribution is 7.89. The van der Waals surface area contributed by atoms with Crippen molar-refractivity contribution in [2.75, 3.05) is 19.6 Å². The molecule has 0 unspecified atom stereocenters. The molecule has 4 atom stereocenters. The van der Waals surface area contributed by atoms with Crippen molar-refractivity contribution in [3.05, 3.63) is 48.4 Å². The molecule has 3 saturated heterocycles. The molecule has 3 aliphatic heterocycles. The van der Waals surface area contributed by atoms with E-state index < -0.39 is 10.0 Å². The Morgan fingerprint density at radius 2 is 1.89 bits per heavy atom. The average Bonchev–Trinajstić information content (AvgIpc) is 3.15. The van der Waals surface area contributed by atoms with Gasteiger partial charge in [-0.3, -0.25) is 4.90 Å². The highest BCUT2D eigenvalue weighted by atomic mass is 32.2. The third-order valence-corrected chi connectivity index (χ3v) is 8.54. The van der Waals surface area contributed by atoms with Crippen molar-refractivity contribution >= 4 is 10.0 Å². The molecular formula is C21H28N4O2S. The molecule has 0 aliphatic carbocycles. The zero-order valence-electron chi connectivity index (χ0n) is 16.3. The Hall–Kier alpha value is -1.70. The summed E-state index contributed by atoms with van der Waals surface area (Å²) >= 11 is 0. The first-order valence-electron chi connectivity index (χ1n) is 10.3. The van der Waals surface area contributed by atoms with E-state index in [2.05, 4.69) is 40.2 Å². The lowest BCUT2D eigenvalue weighted by molar-refractivity contribution is -0.0416. The Kier molecular flexibility index (Phi) is 4.56. The molecule has 3 aliphatic rings. The van der Waals surface area contributed by atoms with Crippen molar-refractivity contribution in [2.24, 2.45) is 18.9 Å². The Morgan fingerprint density at radius 1 is 1.07 bits per heavy atom. The highest BCUT2D eigenvalue weighted by Crippen LogP contribution is 2.45. The molecule has 6 nitrogen and oxygen atoms in total. The fourth-order valence-corrected chi connectivity index (χ4v) is 7.19. The standard InChI is InChI=1S/C21H28N4O2S/c1-23-14-21(22-15-23)28(26,27)24-11-16-10-18(13-24)20-9-5-8-19(25(20)12-16)17-6-3-2-4-7-17/h2-4,6-7,14-16,18-20H,5,8-13H2,1H3/t16-,18+,19+,20-/m0/s1. The molecule has 0 radical (unpaired) electrons. The number of sulfonamides is 1. The number of nitrogens with zero attached hydrogens (tertiary/aromatic N) is 4. The molecule has 0 spiro atoms. The predicted octanol–water partition coefficient (Wildman–Crippen LogP) is 2.66. The molecule has 5 rings (SSSR count). The number of hydrogen-bond acceptors (Lipinski definition) is 4. The van der Waals surface area contributed by atoms with Crippen molar-refractivity contribution in [1.29, 1.82) is 0 Å². The van der Waals surface area contributed by atoms with Crippen LogP contribution >= 0.6 is 0 Å². The van der Waals surface area contributed by atoms with Crippen LogP contribution in [-0.2, 0) is 17.1 Å². The van der Waals surface area contributed by atoms with Crippen molar-refractivity contribution in [3.63, 3.8) is 0 Å². The number of benzene rings is 1. The number of fused-ring (bicyclic) bond motifs is 4. The van der Waals surface area contributed by atoms with E-state index >= 15 is 0 Å². The molecule has 150 valence electrons. The van der Waals surface area contributed by atoms with Crippen LogP contribution in [0.15, 0.2) is 47.9 Å². The minimum absolute atomic E-state index is 0.178. The molecule has 1 aromatic carbocycles. The number of aryl methyl sites for hydroxylation is 1. The fourth-order valence-electron chi connectivity index (χ4n) is 5.65. The summed E-state index contributed by atoms with van der Waals surface area (Å²) in [4.78, 5) is 6.81. The largest absolute Gasteiger partial charge is 0.339 e. The molecule has 3 fully saturated rings. The molecule has 4 heterocycles. The van der Waals surface area contributed by atoms with Gasteiger partial charge < -0.3 is 4.57 Å². The lowest BCUT2D eigenvalue weighted by atomic mass is 9.74. The van der Waals surface area contributed by atoms with Gasteiger partial charge in [0.25, 0.3) is 10.0 Å². The summed E-state index contributed by atoms with van der Waals surface area (Å²) < 4.78 is 29.6. The molecule has 28 heavy (non-hydrogen) atoms. The zero-order valence-corrected chi connectivity index (χ0v) is 17.1. The van der Waals surface area contributed by atoms with Crippen molar-refractivity contribution < 1.29 is 8.42 Å². The Balaban J connectivity index is 1.40. The van der Waals surface area contributed by atoms with E-state index in [1.165, 1.54) is 24.8 Å². The lowest BCUT2D eigenvalue weighted by Gasteiger charge is -2.54. The van der Waals surface area contributed by atoms with E-state index in [0.717, 1.165) is 13.0 Å². The van der Waals surface area contributed by atoms with Crippen LogP contribution in [0.3, 0.4) is 0 Å². The van der Waals surface area contributed by atoms with Crippen LogP contribution in [0.4, 0.5) is 0 Å². The van der Waals surface area contributed by atoms with Gasteiger partial charge in [-0.2, -0.15) is 4.31 Å². The lowest BCUT2D eigenvalue weighted by Crippen LogP contribution is -2.60. The SMILES string of the molecule is Cn1cnc(S(=O)(=O)N2C[C@@H]3C[C@H](C2)[C@@H]2CCC[C@H](c4ccccc4)N2C3)c1. The maximum absolute atomic E-state index is 13.1. The third-order valence-electron chi connectivity index (χ3n) is 6.82. The van der Waals surface area contributed by atoms with E-state index in [4.69, 9.17) is 0 Å². The fraction of sp³-hybridized carbons (Fsp3) is 0.571. The predicted molar refractivity (Wildman–Crippen MR) is 107 cm³/mol. The Morgan fingerprint density at radius 3 is 2.64 bits per heavy atom. The van der Waals surface area contributed by atoms with Crippen LogP contribution in [-0.4, -0.2) is 52.9 Å². The van der Waals surface area contributed by atoms with Gasteiger partial charge in [-0.15, -0.1) is 0 Å². The summed E-state index contributed by atoms with van der Waals surface area (Å²) in [5.41, 5.74) is 1.41. The number of aromatic nitrogens is 2. The van der Waals surface area contributed by atoms with Gasteiger partial charge in [0.2, 0.25) is 0 Å². The second kappa shape index (κ2) is 6.97. The molecule has 2 bridgehead atoms. The summed E-state index contributed by atoms with van der Waals surface area (Å²) in [7, 11) is -1.70. The minimum atomic E-state index is -3.50. The van der Waals surface area contributed by atoms with Gasteiger partial charge in [-0.25, -0.2) is 13.4 Å². The first kappa shape index (κ1) is 18.3. The van der Waals surface area contributed by atoms with Crippen LogP contribution in [0.1, 0.15) is 37.3 Å². The van der Waals surface area contributed by atoms with Gasteiger partial charge in [-0.1, -0.05) is 30.3 Å². The smallest absolute Gasteiger partial charge is 0.262 e. The summed E-state index contributed by atoms with van der Waals surface area (Å²) in [5, 5.41) is 0.178. The van der Waals surface area contributed by atoms with E-state index in [0.29, 0.717) is 37.0 Å². The van der Waals surface area contributed by atoms with Gasteiger partial charge in [0.1, 0.15) is 0 Å². The topological polar surface area (TPSA) is 58.4 Å². The molecule has 7 heteroatoms. The van der Waals surface area contributed by atoms with Crippen LogP contribution in [0, 0.1) is 11.8 Å². The van der Waals surface area contributed by atoms with E-state index in [-0.39, 0.29) is 5.03 Å². The second-order valence-electron chi connectivity index (χ2n) is 8.68. The Bertz CT molecular complexity index is 942. The normalized spacial score (nSPS) is 31.5. The van der Waals surface area contributed by atoms with Gasteiger partial charge in [0.15, 0.2) is 5.03 Å². The minimum Gasteiger partial charge on any atom is -0.339 e. The van der Waals surface area contributed by atoms with Gasteiger partial charge in [0, 0.05) is 45.0 Å². The van der Waals surface area contributed by atoms with E-state index in [1.54, 1.807) is 28.4 Å². The number of rotatable bonds is 3. The van der Waals surface area contributed by atoms with Gasteiger partial charge in [0.05, 0.1) is 6.33 Å². The average molecular weight is 401 g/mol. The molecule has 2 aromatic rings. The van der Waals surface area contributed by atoms with Crippen molar-refractivity contribution in [1.82, 2.24) is 18.8 Å². The van der Waals surface area contributed by atoms with Gasteiger partial charge in [-0.05, 0) is 43.1 Å². The summed E-state index contributed by atoms with van der Waals surface area (Å²) in [6, 6.07) is 11.8. The number of hydrogen-bond donors (Lipinski definition) is 0. The zero-order chi connectivity index (χ0) is 19.3. The van der Waals surface area contributed by atoms with Gasteiger partial charge >= 0.3 is 0 Å². The van der Waals surface area contributed by atoms with Crippen molar-refractivity contribution in [2.45, 2.75) is 42.8 Å². The summed E-state index contributed by atoms with van der Waals surface area (Å²) in [6.45, 7) is 2.23. The number of imidazole rings is 1. The van der Waals surface area contributed by atoms with E-state index in [1.807, 2.05) is 0 Å². The van der Waals surface area contributed by atoms with Crippen LogP contribution < -0.4 is 0 Å². The quantitative estimate of drug-likeness (QED) is 0.795. The summed E-state index contributed by atoms with van der Waals surface area (Å²) in [6.07, 6.45) is 7.92. The molecule has 0 saturated carbocycles. The number of piperidine rings is 3. The monoisotopic (exact) mass is 400 g/mol. The molecule has 0 amide bonds. The highest BCUT2D eigenvalue weighted by Gasteiger charge is 2.47. The van der Waals surface area contributed by atoms with Crippen molar-refractivity contribution in [3.8, 4) is 0 Å². The van der Waals surface area contributed by atoms with Crippen LogP contribution in [0.5, 0.6) is 0 Å². The first-order valence-corrected chi connectivity index (χ1v) is 11.7. The third kappa shape index (κ3) is 3.09. The molecule has 1 aromatic heterocycles. The molecular weight excluding hydrogens is 372 g/mol. The maximum atomic E-state index is 13.1. The van der Waals surface area contributed by atoms with Crippen LogP contribution in [0.25, 0.3) is 0 Å². The Labute approximate surface area is 167 Å². The first-order chi connectivity index (χ1) is 13.5. The summed E-state index contributed by atoms with van der Waals surface area (Å²) in [5.74, 6) is 0.815. The maximum Gasteiger partial charge on any atom is 0.262 e. The van der Waals surface area contributed by atoms with Crippen LogP contribution in [0.2, 0.25) is 0 Å².